The van der Waals surface area contributed by atoms with Crippen LogP contribution in [0.1, 0.15) is 11.3 Å². The number of methoxy groups -OCH3 is 2. The molecule has 0 amide bonds. The Morgan fingerprint density at radius 2 is 1.95 bits per heavy atom. The highest BCUT2D eigenvalue weighted by Gasteiger charge is 2.05. The molecule has 2 aromatic rings. The highest BCUT2D eigenvalue weighted by atomic mass is 16.5. The minimum atomic E-state index is -0.706. The van der Waals surface area contributed by atoms with E-state index in [9.17, 15) is 9.59 Å². The second kappa shape index (κ2) is 6.04. The van der Waals surface area contributed by atoms with Crippen LogP contribution in [0.3, 0.4) is 0 Å². The standard InChI is InChI=1S/C13H14N4O4/c1-8-12(18)17(13(19)16-15-8)14-7-9-4-5-10(20-2)11(6-9)21-3/h4-7H,1-3H3,(H,16,19). The molecular weight excluding hydrogens is 276 g/mol. The van der Waals surface area contributed by atoms with Gasteiger partial charge in [0.15, 0.2) is 11.5 Å². The molecular formula is C13H14N4O4. The molecule has 0 aliphatic carbocycles. The van der Waals surface area contributed by atoms with Gasteiger partial charge in [0.05, 0.1) is 20.4 Å². The zero-order chi connectivity index (χ0) is 15.4. The van der Waals surface area contributed by atoms with E-state index in [2.05, 4.69) is 15.3 Å². The average molecular weight is 290 g/mol. The number of nitrogens with one attached hydrogen (secondary N) is 1. The Kier molecular flexibility index (Phi) is 4.17. The van der Waals surface area contributed by atoms with Crippen LogP contribution in [0.2, 0.25) is 0 Å². The zero-order valence-corrected chi connectivity index (χ0v) is 11.8. The highest BCUT2D eigenvalue weighted by Crippen LogP contribution is 2.26. The topological polar surface area (TPSA) is 98.6 Å². The fourth-order valence-electron chi connectivity index (χ4n) is 1.63. The summed E-state index contributed by atoms with van der Waals surface area (Å²) in [7, 11) is 3.05. The molecule has 8 nitrogen and oxygen atoms in total. The van der Waals surface area contributed by atoms with Gasteiger partial charge < -0.3 is 9.47 Å². The number of aromatic amines is 1. The Hall–Kier alpha value is -2.90. The summed E-state index contributed by atoms with van der Waals surface area (Å²) in [5, 5.41) is 9.61. The minimum absolute atomic E-state index is 0.152. The number of benzene rings is 1. The number of ether oxygens (including phenoxy) is 2. The maximum Gasteiger partial charge on any atom is 0.365 e. The molecule has 0 aliphatic rings. The van der Waals surface area contributed by atoms with E-state index in [1.165, 1.54) is 27.4 Å². The van der Waals surface area contributed by atoms with Crippen molar-refractivity contribution in [1.29, 1.82) is 0 Å². The van der Waals surface area contributed by atoms with E-state index in [1.807, 2.05) is 0 Å². The summed E-state index contributed by atoms with van der Waals surface area (Å²) in [5.74, 6) is 1.10. The molecule has 0 aliphatic heterocycles. The first-order chi connectivity index (χ1) is 10.1. The number of H-pyrrole nitrogens is 1. The van der Waals surface area contributed by atoms with Crippen molar-refractivity contribution in [2.45, 2.75) is 6.92 Å². The lowest BCUT2D eigenvalue weighted by atomic mass is 10.2. The number of rotatable bonds is 4. The molecule has 0 unspecified atom stereocenters. The molecule has 0 saturated carbocycles. The summed E-state index contributed by atoms with van der Waals surface area (Å²) >= 11 is 0. The number of aryl methyl sites for hydroxylation is 1. The lowest BCUT2D eigenvalue weighted by Gasteiger charge is -2.07. The molecule has 0 spiro atoms. The van der Waals surface area contributed by atoms with Gasteiger partial charge in [-0.25, -0.2) is 9.89 Å². The van der Waals surface area contributed by atoms with Gasteiger partial charge in [0.2, 0.25) is 0 Å². The van der Waals surface area contributed by atoms with Gasteiger partial charge in [0.1, 0.15) is 5.69 Å². The number of aromatic nitrogens is 3. The first-order valence-electron chi connectivity index (χ1n) is 6.01. The van der Waals surface area contributed by atoms with Gasteiger partial charge in [-0.1, -0.05) is 0 Å². The summed E-state index contributed by atoms with van der Waals surface area (Å²) < 4.78 is 11.0. The van der Waals surface area contributed by atoms with Gasteiger partial charge in [-0.3, -0.25) is 4.79 Å². The molecule has 110 valence electrons. The molecule has 1 heterocycles. The van der Waals surface area contributed by atoms with Crippen LogP contribution in [0.25, 0.3) is 0 Å². The van der Waals surface area contributed by atoms with Crippen LogP contribution in [0.15, 0.2) is 32.9 Å². The molecule has 1 aromatic carbocycles. The maximum absolute atomic E-state index is 11.8. The van der Waals surface area contributed by atoms with Crippen molar-refractivity contribution < 1.29 is 9.47 Å². The molecule has 0 saturated heterocycles. The summed E-state index contributed by atoms with van der Waals surface area (Å²) in [6.45, 7) is 1.49. The normalized spacial score (nSPS) is 10.8. The Morgan fingerprint density at radius 3 is 2.62 bits per heavy atom. The largest absolute Gasteiger partial charge is 0.493 e. The van der Waals surface area contributed by atoms with Gasteiger partial charge >= 0.3 is 5.69 Å². The maximum atomic E-state index is 11.8. The number of hydrogen-bond donors (Lipinski definition) is 1. The third-order valence-corrected chi connectivity index (χ3v) is 2.74. The van der Waals surface area contributed by atoms with Gasteiger partial charge in [-0.15, -0.1) is 4.68 Å². The van der Waals surface area contributed by atoms with E-state index in [1.54, 1.807) is 18.2 Å². The van der Waals surface area contributed by atoms with Gasteiger partial charge in [-0.05, 0) is 30.7 Å². The van der Waals surface area contributed by atoms with Crippen LogP contribution < -0.4 is 20.7 Å². The minimum Gasteiger partial charge on any atom is -0.493 e. The van der Waals surface area contributed by atoms with Crippen molar-refractivity contribution in [2.24, 2.45) is 5.10 Å². The third-order valence-electron chi connectivity index (χ3n) is 2.74. The van der Waals surface area contributed by atoms with E-state index in [4.69, 9.17) is 9.47 Å². The van der Waals surface area contributed by atoms with Crippen molar-refractivity contribution in [3.63, 3.8) is 0 Å². The van der Waals surface area contributed by atoms with Crippen LogP contribution in [0.4, 0.5) is 0 Å². The fourth-order valence-corrected chi connectivity index (χ4v) is 1.63. The van der Waals surface area contributed by atoms with Crippen LogP contribution in [-0.2, 0) is 0 Å². The molecule has 1 aromatic heterocycles. The van der Waals surface area contributed by atoms with Crippen LogP contribution in [-0.4, -0.2) is 35.3 Å². The molecule has 1 N–H and O–H groups in total. The average Bonchev–Trinajstić information content (AvgIpc) is 2.50. The Balaban J connectivity index is 2.41. The molecule has 21 heavy (non-hydrogen) atoms. The van der Waals surface area contributed by atoms with E-state index in [0.29, 0.717) is 21.7 Å². The van der Waals surface area contributed by atoms with Gasteiger partial charge in [0, 0.05) is 0 Å². The molecule has 0 fully saturated rings. The van der Waals surface area contributed by atoms with Crippen molar-refractivity contribution in [3.8, 4) is 11.5 Å². The van der Waals surface area contributed by atoms with Crippen molar-refractivity contribution >= 4 is 6.21 Å². The lowest BCUT2D eigenvalue weighted by Crippen LogP contribution is -2.35. The number of nitrogens with zero attached hydrogens (tertiary/aromatic N) is 3. The SMILES string of the molecule is COc1ccc(C=Nn2c(=O)[nH]nc(C)c2=O)cc1OC. The first-order valence-corrected chi connectivity index (χ1v) is 6.01. The van der Waals surface area contributed by atoms with Crippen LogP contribution >= 0.6 is 0 Å². The quantitative estimate of drug-likeness (QED) is 0.807. The molecule has 0 atom stereocenters. The number of hydrogen-bond acceptors (Lipinski definition) is 6. The van der Waals surface area contributed by atoms with E-state index >= 15 is 0 Å². The smallest absolute Gasteiger partial charge is 0.365 e. The third kappa shape index (κ3) is 2.99. The van der Waals surface area contributed by atoms with Crippen LogP contribution in [0.5, 0.6) is 11.5 Å². The second-order valence-corrected chi connectivity index (χ2v) is 4.09. The summed E-state index contributed by atoms with van der Waals surface area (Å²) in [4.78, 5) is 23.3. The Labute approximate surface area is 119 Å². The zero-order valence-electron chi connectivity index (χ0n) is 11.8. The summed E-state index contributed by atoms with van der Waals surface area (Å²) in [6.07, 6.45) is 1.37. The molecule has 0 bridgehead atoms. The Bertz CT molecular complexity index is 791. The lowest BCUT2D eigenvalue weighted by molar-refractivity contribution is 0.355. The predicted octanol–water partition coefficient (Wildman–Crippen LogP) is 0.139. The van der Waals surface area contributed by atoms with Crippen molar-refractivity contribution in [3.05, 3.63) is 50.3 Å². The van der Waals surface area contributed by atoms with Crippen molar-refractivity contribution in [2.75, 3.05) is 14.2 Å². The fraction of sp³-hybridized carbons (Fsp3) is 0.231. The molecule has 0 radical (unpaired) electrons. The Morgan fingerprint density at radius 1 is 1.24 bits per heavy atom. The first kappa shape index (κ1) is 14.5. The van der Waals surface area contributed by atoms with Crippen molar-refractivity contribution in [1.82, 2.24) is 14.9 Å². The molecule has 8 heteroatoms. The van der Waals surface area contributed by atoms with E-state index in [-0.39, 0.29) is 5.69 Å². The highest BCUT2D eigenvalue weighted by molar-refractivity contribution is 5.80. The van der Waals surface area contributed by atoms with Gasteiger partial charge in [-0.2, -0.15) is 10.2 Å². The monoisotopic (exact) mass is 290 g/mol. The molecule has 2 rings (SSSR count). The summed E-state index contributed by atoms with van der Waals surface area (Å²) in [5.41, 5.74) is -0.481. The summed E-state index contributed by atoms with van der Waals surface area (Å²) in [6, 6.07) is 5.10. The van der Waals surface area contributed by atoms with Gasteiger partial charge in [0.25, 0.3) is 5.56 Å². The second-order valence-electron chi connectivity index (χ2n) is 4.09. The van der Waals surface area contributed by atoms with Crippen LogP contribution in [0, 0.1) is 6.92 Å². The predicted molar refractivity (Wildman–Crippen MR) is 76.4 cm³/mol. The van der Waals surface area contributed by atoms with E-state index in [0.717, 1.165) is 0 Å². The van der Waals surface area contributed by atoms with E-state index < -0.39 is 11.2 Å².